The number of pyridine rings is 1. The van der Waals surface area contributed by atoms with Gasteiger partial charge in [-0.15, -0.1) is 0 Å². The van der Waals surface area contributed by atoms with Crippen LogP contribution >= 0.6 is 11.6 Å². The number of nitrogens with zero attached hydrogens (tertiary/aromatic N) is 2. The van der Waals surface area contributed by atoms with Crippen LogP contribution in [0.5, 0.6) is 11.5 Å². The Kier molecular flexibility index (Phi) is 8.95. The van der Waals surface area contributed by atoms with E-state index in [1.165, 1.54) is 5.56 Å². The summed E-state index contributed by atoms with van der Waals surface area (Å²) in [6.45, 7) is 9.86. The zero-order valence-corrected chi connectivity index (χ0v) is 22.8. The molecule has 0 bridgehead atoms. The lowest BCUT2D eigenvalue weighted by Crippen LogP contribution is -2.47. The number of piperidine rings is 1. The fourth-order valence-electron chi connectivity index (χ4n) is 4.68. The van der Waals surface area contributed by atoms with Gasteiger partial charge in [0.1, 0.15) is 23.7 Å². The Bertz CT molecular complexity index is 1220. The second-order valence-electron chi connectivity index (χ2n) is 10.2. The third-order valence-electron chi connectivity index (χ3n) is 6.98. The zero-order chi connectivity index (χ0) is 26.4. The smallest absolute Gasteiger partial charge is 0.250 e. The van der Waals surface area contributed by atoms with E-state index in [0.29, 0.717) is 26.0 Å². The minimum absolute atomic E-state index is 0.0188. The van der Waals surface area contributed by atoms with Crippen LogP contribution < -0.4 is 15.0 Å². The summed E-state index contributed by atoms with van der Waals surface area (Å²) in [4.78, 5) is 14.3. The van der Waals surface area contributed by atoms with Crippen molar-refractivity contribution in [3.63, 3.8) is 0 Å². The van der Waals surface area contributed by atoms with Gasteiger partial charge in [-0.3, -0.25) is 9.69 Å². The first kappa shape index (κ1) is 27.2. The molecule has 0 unspecified atom stereocenters. The maximum atomic E-state index is 11.9. The summed E-state index contributed by atoms with van der Waals surface area (Å²) in [6.07, 6.45) is 3.99. The van der Waals surface area contributed by atoms with Crippen LogP contribution in [0.15, 0.2) is 59.5 Å². The number of aryl methyl sites for hydroxylation is 4. The van der Waals surface area contributed by atoms with Crippen molar-refractivity contribution in [2.24, 2.45) is 0 Å². The topological polar surface area (TPSA) is 63.9 Å². The first-order valence-corrected chi connectivity index (χ1v) is 13.3. The lowest BCUT2D eigenvalue weighted by molar-refractivity contribution is -0.0537. The summed E-state index contributed by atoms with van der Waals surface area (Å²) in [5, 5.41) is 11.8. The SMILES string of the molecule is Cc1ccc(=O)n(CCCOc2ccc(CN3CCC(O)(COc4cc(C)c(Cl)c(C)c4)CC3)cc2)c1. The molecule has 2 heterocycles. The van der Waals surface area contributed by atoms with Crippen LogP contribution in [0.4, 0.5) is 0 Å². The van der Waals surface area contributed by atoms with Crippen LogP contribution in [0, 0.1) is 20.8 Å². The number of likely N-dealkylation sites (tertiary alicyclic amines) is 1. The second-order valence-corrected chi connectivity index (χ2v) is 10.6. The van der Waals surface area contributed by atoms with Crippen LogP contribution in [0.25, 0.3) is 0 Å². The Morgan fingerprint density at radius 2 is 1.62 bits per heavy atom. The number of benzene rings is 2. The highest BCUT2D eigenvalue weighted by atomic mass is 35.5. The van der Waals surface area contributed by atoms with Crippen molar-refractivity contribution in [2.75, 3.05) is 26.3 Å². The molecule has 1 N–H and O–H groups in total. The third kappa shape index (κ3) is 7.60. The minimum Gasteiger partial charge on any atom is -0.494 e. The van der Waals surface area contributed by atoms with Gasteiger partial charge in [-0.2, -0.15) is 0 Å². The fourth-order valence-corrected chi connectivity index (χ4v) is 4.79. The highest BCUT2D eigenvalue weighted by Gasteiger charge is 2.33. The highest BCUT2D eigenvalue weighted by Crippen LogP contribution is 2.29. The Morgan fingerprint density at radius 3 is 2.30 bits per heavy atom. The van der Waals surface area contributed by atoms with Gasteiger partial charge in [0, 0.05) is 43.5 Å². The lowest BCUT2D eigenvalue weighted by Gasteiger charge is -2.38. The largest absolute Gasteiger partial charge is 0.494 e. The molecule has 1 aromatic heterocycles. The first-order valence-electron chi connectivity index (χ1n) is 12.9. The van der Waals surface area contributed by atoms with Gasteiger partial charge in [0.05, 0.1) is 6.61 Å². The number of ether oxygens (including phenoxy) is 2. The molecular weight excluding hydrogens is 488 g/mol. The molecule has 1 aliphatic rings. The number of hydrogen-bond acceptors (Lipinski definition) is 5. The zero-order valence-electron chi connectivity index (χ0n) is 22.0. The van der Waals surface area contributed by atoms with Crippen molar-refractivity contribution >= 4 is 11.6 Å². The number of rotatable bonds is 10. The second kappa shape index (κ2) is 12.2. The molecule has 0 aliphatic carbocycles. The Labute approximate surface area is 224 Å². The van der Waals surface area contributed by atoms with Crippen molar-refractivity contribution in [3.8, 4) is 11.5 Å². The van der Waals surface area contributed by atoms with Gasteiger partial charge < -0.3 is 19.1 Å². The van der Waals surface area contributed by atoms with Crippen LogP contribution in [0.2, 0.25) is 5.02 Å². The van der Waals surface area contributed by atoms with Crippen molar-refractivity contribution in [1.29, 1.82) is 0 Å². The summed E-state index contributed by atoms with van der Waals surface area (Å²) in [7, 11) is 0. The van der Waals surface area contributed by atoms with Gasteiger partial charge in [-0.05, 0) is 86.6 Å². The van der Waals surface area contributed by atoms with Gasteiger partial charge in [-0.1, -0.05) is 29.8 Å². The van der Waals surface area contributed by atoms with Gasteiger partial charge >= 0.3 is 0 Å². The maximum absolute atomic E-state index is 11.9. The molecule has 37 heavy (non-hydrogen) atoms. The van der Waals surface area contributed by atoms with E-state index in [2.05, 4.69) is 17.0 Å². The summed E-state index contributed by atoms with van der Waals surface area (Å²) in [5.74, 6) is 1.58. The fraction of sp³-hybridized carbons (Fsp3) is 0.433. The molecule has 0 saturated carbocycles. The molecule has 7 heteroatoms. The molecule has 4 rings (SSSR count). The summed E-state index contributed by atoms with van der Waals surface area (Å²) < 4.78 is 13.6. The van der Waals surface area contributed by atoms with Gasteiger partial charge in [0.15, 0.2) is 0 Å². The maximum Gasteiger partial charge on any atom is 0.250 e. The number of hydrogen-bond donors (Lipinski definition) is 1. The number of aliphatic hydroxyl groups is 1. The quantitative estimate of drug-likeness (QED) is 0.364. The van der Waals surface area contributed by atoms with Crippen molar-refractivity contribution in [3.05, 3.63) is 92.4 Å². The first-order chi connectivity index (χ1) is 17.7. The molecule has 2 aromatic carbocycles. The Morgan fingerprint density at radius 1 is 0.946 bits per heavy atom. The monoisotopic (exact) mass is 524 g/mol. The van der Waals surface area contributed by atoms with E-state index in [1.807, 2.05) is 57.3 Å². The molecule has 1 aliphatic heterocycles. The van der Waals surface area contributed by atoms with Gasteiger partial charge in [0.2, 0.25) is 0 Å². The molecule has 6 nitrogen and oxygen atoms in total. The summed E-state index contributed by atoms with van der Waals surface area (Å²) in [6, 6.07) is 15.5. The molecular formula is C30H37ClN2O4. The van der Waals surface area contributed by atoms with Crippen LogP contribution in [0.3, 0.4) is 0 Å². The summed E-state index contributed by atoms with van der Waals surface area (Å²) in [5.41, 5.74) is 3.45. The van der Waals surface area contributed by atoms with Crippen LogP contribution in [0.1, 0.15) is 41.5 Å². The third-order valence-corrected chi connectivity index (χ3v) is 7.57. The normalized spacial score (nSPS) is 15.5. The Balaban J connectivity index is 1.18. The molecule has 3 aromatic rings. The standard InChI is InChI=1S/C30H37ClN2O4/c1-22-5-10-28(34)33(19-22)13-4-16-36-26-8-6-25(7-9-26)20-32-14-11-30(35,12-15-32)21-37-27-17-23(2)29(31)24(3)18-27/h5-10,17-19,35H,4,11-16,20-21H2,1-3H3. The average Bonchev–Trinajstić information content (AvgIpc) is 2.88. The molecule has 0 radical (unpaired) electrons. The van der Waals surface area contributed by atoms with E-state index >= 15 is 0 Å². The van der Waals surface area contributed by atoms with E-state index in [9.17, 15) is 9.90 Å². The van der Waals surface area contributed by atoms with Crippen molar-refractivity contribution in [1.82, 2.24) is 9.47 Å². The van der Waals surface area contributed by atoms with E-state index < -0.39 is 5.60 Å². The predicted molar refractivity (Wildman–Crippen MR) is 148 cm³/mol. The minimum atomic E-state index is -0.820. The molecule has 198 valence electrons. The Hall–Kier alpha value is -2.80. The molecule has 1 saturated heterocycles. The van der Waals surface area contributed by atoms with Crippen LogP contribution in [-0.4, -0.2) is 46.5 Å². The van der Waals surface area contributed by atoms with E-state index in [1.54, 1.807) is 10.6 Å². The van der Waals surface area contributed by atoms with Crippen molar-refractivity contribution in [2.45, 2.75) is 58.7 Å². The van der Waals surface area contributed by atoms with Gasteiger partial charge in [0.25, 0.3) is 5.56 Å². The number of aromatic nitrogens is 1. The molecule has 1 fully saturated rings. The van der Waals surface area contributed by atoms with Crippen molar-refractivity contribution < 1.29 is 14.6 Å². The van der Waals surface area contributed by atoms with Crippen LogP contribution in [-0.2, 0) is 13.1 Å². The van der Waals surface area contributed by atoms with Gasteiger partial charge in [-0.25, -0.2) is 0 Å². The number of halogens is 1. The molecule has 0 spiro atoms. The van der Waals surface area contributed by atoms with E-state index in [0.717, 1.165) is 59.3 Å². The highest BCUT2D eigenvalue weighted by molar-refractivity contribution is 6.32. The lowest BCUT2D eigenvalue weighted by atomic mass is 9.92. The predicted octanol–water partition coefficient (Wildman–Crippen LogP) is 5.30. The average molecular weight is 525 g/mol. The summed E-state index contributed by atoms with van der Waals surface area (Å²) >= 11 is 6.25. The van der Waals surface area contributed by atoms with E-state index in [4.69, 9.17) is 21.1 Å². The van der Waals surface area contributed by atoms with E-state index in [-0.39, 0.29) is 12.2 Å². The molecule has 0 amide bonds. The molecule has 0 atom stereocenters.